The van der Waals surface area contributed by atoms with Gasteiger partial charge in [-0.1, -0.05) is 47.6 Å². The zero-order chi connectivity index (χ0) is 22.6. The van der Waals surface area contributed by atoms with E-state index in [-0.39, 0.29) is 18.2 Å². The molecule has 0 spiro atoms. The van der Waals surface area contributed by atoms with Crippen molar-refractivity contribution in [3.63, 3.8) is 0 Å². The zero-order valence-corrected chi connectivity index (χ0v) is 19.6. The van der Waals surface area contributed by atoms with Crippen LogP contribution in [0.5, 0.6) is 0 Å². The lowest BCUT2D eigenvalue weighted by Gasteiger charge is -2.21. The Kier molecular flexibility index (Phi) is 7.24. The third-order valence-electron chi connectivity index (χ3n) is 4.46. The normalized spacial score (nSPS) is 11.4. The summed E-state index contributed by atoms with van der Waals surface area (Å²) in [5.41, 5.74) is 2.10. The summed E-state index contributed by atoms with van der Waals surface area (Å²) in [7, 11) is -1.78. The molecule has 0 radical (unpaired) electrons. The quantitative estimate of drug-likeness (QED) is 0.497. The molecule has 0 saturated carbocycles. The minimum atomic E-state index is -3.52. The monoisotopic (exact) mass is 479 g/mol. The van der Waals surface area contributed by atoms with Crippen molar-refractivity contribution in [1.29, 1.82) is 0 Å². The van der Waals surface area contributed by atoms with E-state index in [9.17, 15) is 13.2 Å². The number of amides is 1. The summed E-state index contributed by atoms with van der Waals surface area (Å²) in [4.78, 5) is 12.3. The smallest absolute Gasteiger partial charge is 0.234 e. The molecule has 0 aliphatic carbocycles. The van der Waals surface area contributed by atoms with Crippen LogP contribution in [0, 0.1) is 6.92 Å². The average Bonchev–Trinajstić information content (AvgIpc) is 3.06. The van der Waals surface area contributed by atoms with Crippen LogP contribution in [0.3, 0.4) is 0 Å². The molecule has 1 aromatic heterocycles. The molecule has 0 aliphatic heterocycles. The molecule has 0 saturated heterocycles. The van der Waals surface area contributed by atoms with Crippen molar-refractivity contribution in [3.05, 3.63) is 64.9 Å². The zero-order valence-electron chi connectivity index (χ0n) is 17.2. The number of benzene rings is 2. The van der Waals surface area contributed by atoms with Crippen molar-refractivity contribution >= 4 is 50.7 Å². The second kappa shape index (κ2) is 9.71. The Bertz CT molecular complexity index is 1180. The predicted octanol–water partition coefficient (Wildman–Crippen LogP) is 3.47. The first-order chi connectivity index (χ1) is 14.6. The molecule has 3 rings (SSSR count). The first-order valence-corrected chi connectivity index (χ1v) is 12.5. The van der Waals surface area contributed by atoms with Gasteiger partial charge in [0.25, 0.3) is 0 Å². The molecule has 11 heteroatoms. The topological polar surface area (TPSA) is 97.2 Å². The van der Waals surface area contributed by atoms with E-state index in [2.05, 4.69) is 15.5 Å². The number of halogens is 1. The largest absolute Gasteiger partial charge is 0.325 e. The number of rotatable bonds is 8. The minimum Gasteiger partial charge on any atom is -0.325 e. The third kappa shape index (κ3) is 5.99. The Morgan fingerprint density at radius 1 is 1.19 bits per heavy atom. The molecular formula is C20H22ClN5O3S2. The maximum absolute atomic E-state index is 12.3. The Balaban J connectivity index is 1.68. The van der Waals surface area contributed by atoms with Crippen molar-refractivity contribution in [2.75, 3.05) is 21.6 Å². The Hall–Kier alpha value is -2.56. The summed E-state index contributed by atoms with van der Waals surface area (Å²) in [6.45, 7) is 1.91. The number of sulfonamides is 1. The van der Waals surface area contributed by atoms with E-state index in [0.29, 0.717) is 27.4 Å². The number of carbonyl (C=O) groups excluding carboxylic acids is 1. The Morgan fingerprint density at radius 2 is 1.90 bits per heavy atom. The highest BCUT2D eigenvalue weighted by Crippen LogP contribution is 2.23. The highest BCUT2D eigenvalue weighted by Gasteiger charge is 2.21. The van der Waals surface area contributed by atoms with E-state index in [1.807, 2.05) is 19.1 Å². The molecule has 0 bridgehead atoms. The molecule has 0 unspecified atom stereocenters. The van der Waals surface area contributed by atoms with E-state index >= 15 is 0 Å². The molecule has 31 heavy (non-hydrogen) atoms. The van der Waals surface area contributed by atoms with E-state index in [0.717, 1.165) is 11.8 Å². The molecular weight excluding hydrogens is 458 g/mol. The fraction of sp³-hybridized carbons (Fsp3) is 0.250. The van der Waals surface area contributed by atoms with Crippen LogP contribution in [0.25, 0.3) is 0 Å². The van der Waals surface area contributed by atoms with E-state index in [4.69, 9.17) is 11.6 Å². The summed E-state index contributed by atoms with van der Waals surface area (Å²) in [5, 5.41) is 12.1. The molecule has 2 aromatic carbocycles. The van der Waals surface area contributed by atoms with Gasteiger partial charge in [-0.3, -0.25) is 9.10 Å². The summed E-state index contributed by atoms with van der Waals surface area (Å²) < 4.78 is 27.5. The van der Waals surface area contributed by atoms with Crippen LogP contribution in [0.15, 0.2) is 53.7 Å². The lowest BCUT2D eigenvalue weighted by Crippen LogP contribution is -2.30. The highest BCUT2D eigenvalue weighted by molar-refractivity contribution is 7.99. The number of hydrogen-bond acceptors (Lipinski definition) is 6. The standard InChI is InChI=1S/C20H22ClN5O3S2/c1-14-9-10-15(21)11-17(14)22-19(27)13-30-20-24-23-18(25(20)2)12-26(31(3,28)29)16-7-5-4-6-8-16/h4-11H,12-13H2,1-3H3,(H,22,27). The minimum absolute atomic E-state index is 0.0286. The number of aromatic nitrogens is 3. The number of carbonyl (C=O) groups is 1. The predicted molar refractivity (Wildman–Crippen MR) is 124 cm³/mol. The molecule has 3 aromatic rings. The van der Waals surface area contributed by atoms with Gasteiger partial charge in [0.05, 0.1) is 24.2 Å². The number of anilines is 2. The molecule has 164 valence electrons. The van der Waals surface area contributed by atoms with Crippen LogP contribution in [-0.2, 0) is 28.4 Å². The number of hydrogen-bond donors (Lipinski definition) is 1. The second-order valence-electron chi connectivity index (χ2n) is 6.86. The summed E-state index contributed by atoms with van der Waals surface area (Å²) in [6, 6.07) is 14.1. The first-order valence-electron chi connectivity index (χ1n) is 9.25. The van der Waals surface area contributed by atoms with Crippen molar-refractivity contribution < 1.29 is 13.2 Å². The van der Waals surface area contributed by atoms with Gasteiger partial charge in [0.15, 0.2) is 11.0 Å². The molecule has 0 aliphatic rings. The van der Waals surface area contributed by atoms with E-state index in [1.165, 1.54) is 16.1 Å². The molecule has 0 atom stereocenters. The van der Waals surface area contributed by atoms with Gasteiger partial charge in [-0.2, -0.15) is 0 Å². The van der Waals surface area contributed by atoms with Crippen LogP contribution < -0.4 is 9.62 Å². The van der Waals surface area contributed by atoms with Crippen molar-refractivity contribution in [3.8, 4) is 0 Å². The summed E-state index contributed by atoms with van der Waals surface area (Å²) >= 11 is 7.20. The van der Waals surface area contributed by atoms with Crippen LogP contribution in [0.4, 0.5) is 11.4 Å². The van der Waals surface area contributed by atoms with Crippen LogP contribution >= 0.6 is 23.4 Å². The maximum Gasteiger partial charge on any atom is 0.234 e. The molecule has 1 N–H and O–H groups in total. The average molecular weight is 480 g/mol. The molecule has 0 fully saturated rings. The van der Waals surface area contributed by atoms with Gasteiger partial charge in [0, 0.05) is 17.8 Å². The van der Waals surface area contributed by atoms with Crippen molar-refractivity contribution in [1.82, 2.24) is 14.8 Å². The van der Waals surface area contributed by atoms with Crippen LogP contribution in [0.1, 0.15) is 11.4 Å². The van der Waals surface area contributed by atoms with Gasteiger partial charge in [-0.25, -0.2) is 8.42 Å². The van der Waals surface area contributed by atoms with Gasteiger partial charge in [-0.05, 0) is 36.8 Å². The SMILES string of the molecule is Cc1ccc(Cl)cc1NC(=O)CSc1nnc(CN(c2ccccc2)S(C)(=O)=O)n1C. The van der Waals surface area contributed by atoms with Crippen LogP contribution in [0.2, 0.25) is 5.02 Å². The molecule has 1 amide bonds. The van der Waals surface area contributed by atoms with Crippen molar-refractivity contribution in [2.45, 2.75) is 18.6 Å². The molecule has 1 heterocycles. The summed E-state index contributed by atoms with van der Waals surface area (Å²) in [5.74, 6) is 0.372. The Morgan fingerprint density at radius 3 is 2.58 bits per heavy atom. The van der Waals surface area contributed by atoms with Gasteiger partial charge in [0.1, 0.15) is 0 Å². The lowest BCUT2D eigenvalue weighted by molar-refractivity contribution is -0.113. The first kappa shape index (κ1) is 23.1. The van der Waals surface area contributed by atoms with Crippen molar-refractivity contribution in [2.24, 2.45) is 7.05 Å². The third-order valence-corrected chi connectivity index (χ3v) is 6.86. The fourth-order valence-corrected chi connectivity index (χ4v) is 4.53. The number of para-hydroxylation sites is 1. The number of nitrogens with one attached hydrogen (secondary N) is 1. The van der Waals surface area contributed by atoms with Gasteiger partial charge < -0.3 is 9.88 Å². The molecule has 8 nitrogen and oxygen atoms in total. The van der Waals surface area contributed by atoms with Gasteiger partial charge in [-0.15, -0.1) is 10.2 Å². The lowest BCUT2D eigenvalue weighted by atomic mass is 10.2. The number of thioether (sulfide) groups is 1. The fourth-order valence-electron chi connectivity index (χ4n) is 2.78. The van der Waals surface area contributed by atoms with E-state index < -0.39 is 10.0 Å². The maximum atomic E-state index is 12.3. The number of aryl methyl sites for hydroxylation is 1. The van der Waals surface area contributed by atoms with Gasteiger partial charge in [0.2, 0.25) is 15.9 Å². The number of nitrogens with zero attached hydrogens (tertiary/aromatic N) is 4. The second-order valence-corrected chi connectivity index (χ2v) is 10.1. The highest BCUT2D eigenvalue weighted by atomic mass is 35.5. The summed E-state index contributed by atoms with van der Waals surface area (Å²) in [6.07, 6.45) is 1.15. The van der Waals surface area contributed by atoms with Gasteiger partial charge >= 0.3 is 0 Å². The Labute approximate surface area is 190 Å². The van der Waals surface area contributed by atoms with Crippen LogP contribution in [-0.4, -0.2) is 41.1 Å². The van der Waals surface area contributed by atoms with E-state index in [1.54, 1.807) is 48.0 Å².